The summed E-state index contributed by atoms with van der Waals surface area (Å²) in [6.07, 6.45) is 7.33. The molecule has 1 fully saturated rings. The minimum atomic E-state index is 0.414. The minimum absolute atomic E-state index is 0.414. The van der Waals surface area contributed by atoms with E-state index in [0.29, 0.717) is 12.1 Å². The maximum Gasteiger partial charge on any atom is 0.0751 e. The molecule has 2 nitrogen and oxygen atoms in total. The van der Waals surface area contributed by atoms with Crippen molar-refractivity contribution >= 4 is 11.8 Å². The molecule has 2 atom stereocenters. The Morgan fingerprint density at radius 3 is 3.06 bits per heavy atom. The lowest BCUT2D eigenvalue weighted by Crippen LogP contribution is -2.39. The maximum atomic E-state index is 5.75. The normalized spacial score (nSPS) is 27.2. The molecule has 3 rings (SSSR count). The van der Waals surface area contributed by atoms with Gasteiger partial charge in [0.05, 0.1) is 6.10 Å². The molecule has 0 N–H and O–H groups in total. The Hall–Kier alpha value is -1.28. The summed E-state index contributed by atoms with van der Waals surface area (Å²) in [7, 11) is 0. The Balaban J connectivity index is 1.84. The van der Waals surface area contributed by atoms with E-state index < -0.39 is 0 Å². The number of ether oxygens (including phenoxy) is 1. The minimum Gasteiger partial charge on any atom is -0.376 e. The van der Waals surface area contributed by atoms with Crippen molar-refractivity contribution in [3.05, 3.63) is 35.9 Å². The zero-order valence-corrected chi connectivity index (χ0v) is 10.3. The van der Waals surface area contributed by atoms with Crippen LogP contribution >= 0.6 is 0 Å². The Bertz CT molecular complexity index is 421. The van der Waals surface area contributed by atoms with E-state index in [1.807, 2.05) is 0 Å². The first kappa shape index (κ1) is 10.8. The molecule has 2 unspecified atom stereocenters. The fourth-order valence-electron chi connectivity index (χ4n) is 2.73. The van der Waals surface area contributed by atoms with E-state index in [-0.39, 0.29) is 0 Å². The van der Waals surface area contributed by atoms with Gasteiger partial charge in [-0.05, 0) is 31.4 Å². The van der Waals surface area contributed by atoms with Gasteiger partial charge in [-0.1, -0.05) is 30.4 Å². The second-order valence-corrected chi connectivity index (χ2v) is 4.95. The van der Waals surface area contributed by atoms with E-state index >= 15 is 0 Å². The fourth-order valence-corrected chi connectivity index (χ4v) is 2.73. The standard InChI is InChI=1S/C15H19NO/c1-12-8-9-13-5-2-3-7-15(13)16(12)11-14-6-4-10-17-14/h2-3,5,7-9,12,14H,4,6,10-11H2,1H3. The van der Waals surface area contributed by atoms with Gasteiger partial charge in [0.2, 0.25) is 0 Å². The SMILES string of the molecule is CC1C=Cc2ccccc2N1CC1CCCO1. The molecule has 0 saturated carbocycles. The molecule has 1 saturated heterocycles. The van der Waals surface area contributed by atoms with Crippen molar-refractivity contribution in [1.29, 1.82) is 0 Å². The summed E-state index contributed by atoms with van der Waals surface area (Å²) < 4.78 is 5.75. The van der Waals surface area contributed by atoms with E-state index in [2.05, 4.69) is 48.2 Å². The zero-order valence-electron chi connectivity index (χ0n) is 10.3. The molecule has 0 radical (unpaired) electrons. The molecule has 0 spiro atoms. The van der Waals surface area contributed by atoms with Crippen molar-refractivity contribution in [2.45, 2.75) is 31.9 Å². The van der Waals surface area contributed by atoms with Gasteiger partial charge in [-0.2, -0.15) is 0 Å². The van der Waals surface area contributed by atoms with Crippen LogP contribution in [0.15, 0.2) is 30.3 Å². The fraction of sp³-hybridized carbons (Fsp3) is 0.467. The van der Waals surface area contributed by atoms with E-state index in [4.69, 9.17) is 4.74 Å². The van der Waals surface area contributed by atoms with Crippen LogP contribution in [-0.2, 0) is 4.74 Å². The van der Waals surface area contributed by atoms with Gasteiger partial charge in [0.1, 0.15) is 0 Å². The molecule has 0 aromatic heterocycles. The molecule has 0 aliphatic carbocycles. The maximum absolute atomic E-state index is 5.75. The summed E-state index contributed by atoms with van der Waals surface area (Å²) in [5.74, 6) is 0. The Labute approximate surface area is 103 Å². The van der Waals surface area contributed by atoms with Crippen LogP contribution < -0.4 is 4.90 Å². The molecule has 1 aromatic carbocycles. The molecular formula is C15H19NO. The van der Waals surface area contributed by atoms with Crippen LogP contribution in [0.2, 0.25) is 0 Å². The highest BCUT2D eigenvalue weighted by atomic mass is 16.5. The van der Waals surface area contributed by atoms with Gasteiger partial charge in [-0.15, -0.1) is 0 Å². The Morgan fingerprint density at radius 1 is 1.35 bits per heavy atom. The van der Waals surface area contributed by atoms with Crippen LogP contribution in [0.5, 0.6) is 0 Å². The molecular weight excluding hydrogens is 210 g/mol. The van der Waals surface area contributed by atoms with Crippen molar-refractivity contribution in [2.24, 2.45) is 0 Å². The molecule has 2 aliphatic rings. The monoisotopic (exact) mass is 229 g/mol. The molecule has 2 aliphatic heterocycles. The van der Waals surface area contributed by atoms with E-state index in [9.17, 15) is 0 Å². The van der Waals surface area contributed by atoms with Gasteiger partial charge < -0.3 is 9.64 Å². The summed E-state index contributed by atoms with van der Waals surface area (Å²) in [6.45, 7) is 4.20. The lowest BCUT2D eigenvalue weighted by Gasteiger charge is -2.35. The van der Waals surface area contributed by atoms with Crippen molar-refractivity contribution in [3.8, 4) is 0 Å². The van der Waals surface area contributed by atoms with E-state index in [0.717, 1.165) is 13.2 Å². The highest BCUT2D eigenvalue weighted by Gasteiger charge is 2.24. The van der Waals surface area contributed by atoms with Crippen LogP contribution in [0, 0.1) is 0 Å². The summed E-state index contributed by atoms with van der Waals surface area (Å²) in [5, 5.41) is 0. The first-order valence-corrected chi connectivity index (χ1v) is 6.50. The van der Waals surface area contributed by atoms with Crippen molar-refractivity contribution in [3.63, 3.8) is 0 Å². The van der Waals surface area contributed by atoms with Crippen molar-refractivity contribution < 1.29 is 4.74 Å². The van der Waals surface area contributed by atoms with Crippen LogP contribution in [0.1, 0.15) is 25.3 Å². The smallest absolute Gasteiger partial charge is 0.0751 e. The average Bonchev–Trinajstić information content (AvgIpc) is 2.86. The number of nitrogens with zero attached hydrogens (tertiary/aromatic N) is 1. The lowest BCUT2D eigenvalue weighted by molar-refractivity contribution is 0.115. The number of hydrogen-bond donors (Lipinski definition) is 0. The van der Waals surface area contributed by atoms with E-state index in [1.54, 1.807) is 0 Å². The third-order valence-electron chi connectivity index (χ3n) is 3.72. The predicted molar refractivity (Wildman–Crippen MR) is 71.3 cm³/mol. The third kappa shape index (κ3) is 2.09. The second-order valence-electron chi connectivity index (χ2n) is 4.95. The number of anilines is 1. The van der Waals surface area contributed by atoms with Gasteiger partial charge in [-0.3, -0.25) is 0 Å². The molecule has 1 aromatic rings. The number of fused-ring (bicyclic) bond motifs is 1. The summed E-state index contributed by atoms with van der Waals surface area (Å²) in [5.41, 5.74) is 2.67. The summed E-state index contributed by atoms with van der Waals surface area (Å²) >= 11 is 0. The van der Waals surface area contributed by atoms with Gasteiger partial charge in [0.15, 0.2) is 0 Å². The Morgan fingerprint density at radius 2 is 2.24 bits per heavy atom. The number of hydrogen-bond acceptors (Lipinski definition) is 2. The average molecular weight is 229 g/mol. The van der Waals surface area contributed by atoms with E-state index in [1.165, 1.54) is 24.1 Å². The summed E-state index contributed by atoms with van der Waals surface area (Å²) in [4.78, 5) is 2.46. The molecule has 0 amide bonds. The van der Waals surface area contributed by atoms with Crippen molar-refractivity contribution in [2.75, 3.05) is 18.1 Å². The molecule has 2 heterocycles. The predicted octanol–water partition coefficient (Wildman–Crippen LogP) is 3.09. The quantitative estimate of drug-likeness (QED) is 0.772. The van der Waals surface area contributed by atoms with Crippen molar-refractivity contribution in [1.82, 2.24) is 0 Å². The number of rotatable bonds is 2. The third-order valence-corrected chi connectivity index (χ3v) is 3.72. The largest absolute Gasteiger partial charge is 0.376 e. The summed E-state index contributed by atoms with van der Waals surface area (Å²) in [6, 6.07) is 9.08. The highest BCUT2D eigenvalue weighted by molar-refractivity contribution is 5.72. The molecule has 17 heavy (non-hydrogen) atoms. The van der Waals surface area contributed by atoms with Crippen LogP contribution in [0.3, 0.4) is 0 Å². The second kappa shape index (κ2) is 4.53. The van der Waals surface area contributed by atoms with Gasteiger partial charge in [-0.25, -0.2) is 0 Å². The van der Waals surface area contributed by atoms with Gasteiger partial charge in [0, 0.05) is 24.9 Å². The number of benzene rings is 1. The topological polar surface area (TPSA) is 12.5 Å². The lowest BCUT2D eigenvalue weighted by atomic mass is 10.0. The highest BCUT2D eigenvalue weighted by Crippen LogP contribution is 2.29. The molecule has 2 heteroatoms. The first-order chi connectivity index (χ1) is 8.34. The van der Waals surface area contributed by atoms with Gasteiger partial charge in [0.25, 0.3) is 0 Å². The van der Waals surface area contributed by atoms with Crippen LogP contribution in [0.25, 0.3) is 6.08 Å². The molecule has 90 valence electrons. The zero-order chi connectivity index (χ0) is 11.7. The van der Waals surface area contributed by atoms with Crippen LogP contribution in [-0.4, -0.2) is 25.3 Å². The van der Waals surface area contributed by atoms with Crippen LogP contribution in [0.4, 0.5) is 5.69 Å². The van der Waals surface area contributed by atoms with Gasteiger partial charge >= 0.3 is 0 Å². The first-order valence-electron chi connectivity index (χ1n) is 6.50. The number of para-hydroxylation sites is 1. The molecule has 0 bridgehead atoms. The Kier molecular flexibility index (Phi) is 2.89.